The van der Waals surface area contributed by atoms with Crippen molar-refractivity contribution in [3.63, 3.8) is 0 Å². The number of carboxylic acids is 1. The van der Waals surface area contributed by atoms with Gasteiger partial charge in [-0.2, -0.15) is 0 Å². The zero-order chi connectivity index (χ0) is 22.5. The van der Waals surface area contributed by atoms with Crippen LogP contribution in [-0.2, 0) is 27.2 Å². The molecule has 2 fully saturated rings. The van der Waals surface area contributed by atoms with Gasteiger partial charge in [-0.1, -0.05) is 60.1 Å². The van der Waals surface area contributed by atoms with Crippen LogP contribution in [0.25, 0.3) is 0 Å². The number of rotatable bonds is 5. The van der Waals surface area contributed by atoms with Crippen LogP contribution in [0, 0.1) is 11.8 Å². The first-order valence-electron chi connectivity index (χ1n) is 10.5. The number of anilines is 1. The van der Waals surface area contributed by atoms with Gasteiger partial charge in [-0.15, -0.1) is 0 Å². The smallest absolute Gasteiger partial charge is 0.324 e. The minimum Gasteiger partial charge on any atom is -0.480 e. The molecule has 2 N–H and O–H groups in total. The molecule has 0 bridgehead atoms. The van der Waals surface area contributed by atoms with Crippen molar-refractivity contribution in [2.45, 2.75) is 45.2 Å². The van der Waals surface area contributed by atoms with Crippen LogP contribution >= 0.6 is 15.9 Å². The second kappa shape index (κ2) is 7.88. The highest BCUT2D eigenvalue weighted by molar-refractivity contribution is 9.10. The maximum Gasteiger partial charge on any atom is 0.324 e. The van der Waals surface area contributed by atoms with Crippen molar-refractivity contribution >= 4 is 39.4 Å². The summed E-state index contributed by atoms with van der Waals surface area (Å²) in [5.74, 6) is -3.69. The lowest BCUT2D eigenvalue weighted by atomic mass is 9.80. The number of nitrogens with one attached hydrogen (secondary N) is 1. The Hall–Kier alpha value is -2.51. The van der Waals surface area contributed by atoms with Gasteiger partial charge in [0.2, 0.25) is 11.8 Å². The summed E-state index contributed by atoms with van der Waals surface area (Å²) >= 11 is 3.41. The van der Waals surface area contributed by atoms with Crippen LogP contribution < -0.4 is 10.2 Å². The lowest BCUT2D eigenvalue weighted by Gasteiger charge is -2.29. The summed E-state index contributed by atoms with van der Waals surface area (Å²) in [7, 11) is 0. The zero-order valence-corrected chi connectivity index (χ0v) is 19.3. The van der Waals surface area contributed by atoms with Crippen molar-refractivity contribution in [1.82, 2.24) is 5.32 Å². The second-order valence-corrected chi connectivity index (χ2v) is 9.24. The first-order chi connectivity index (χ1) is 14.7. The number of amides is 2. The summed E-state index contributed by atoms with van der Waals surface area (Å²) in [4.78, 5) is 41.0. The van der Waals surface area contributed by atoms with Crippen molar-refractivity contribution in [2.75, 3.05) is 4.90 Å². The topological polar surface area (TPSA) is 86.7 Å². The molecule has 0 spiro atoms. The molecule has 4 atom stereocenters. The average Bonchev–Trinajstić information content (AvgIpc) is 3.21. The third kappa shape index (κ3) is 3.22. The standard InChI is InChI=1S/C24H25BrN2O4/c1-4-13-7-6-8-14(5-2)20(13)27-21(28)17-18(22(27)29)24(3,23(30)31)26-19(17)15-9-11-16(25)12-10-15/h6-12,17-19,26H,4-5H2,1-3H3,(H,30,31). The fourth-order valence-electron chi connectivity index (χ4n) is 5.01. The number of benzene rings is 2. The van der Waals surface area contributed by atoms with Crippen molar-refractivity contribution in [2.24, 2.45) is 11.8 Å². The maximum atomic E-state index is 13.8. The molecule has 2 aliphatic heterocycles. The Bertz CT molecular complexity index is 1050. The molecule has 2 aromatic carbocycles. The first-order valence-corrected chi connectivity index (χ1v) is 11.3. The number of nitrogens with zero attached hydrogens (tertiary/aromatic N) is 1. The molecule has 2 heterocycles. The van der Waals surface area contributed by atoms with E-state index in [2.05, 4.69) is 21.2 Å². The SMILES string of the molecule is CCc1cccc(CC)c1N1C(=O)C2C(c3ccc(Br)cc3)NC(C)(C(=O)O)C2C1=O. The van der Waals surface area contributed by atoms with Gasteiger partial charge in [-0.3, -0.25) is 19.7 Å². The van der Waals surface area contributed by atoms with E-state index in [-0.39, 0.29) is 5.91 Å². The van der Waals surface area contributed by atoms with Gasteiger partial charge in [0.25, 0.3) is 0 Å². The Morgan fingerprint density at radius 3 is 2.16 bits per heavy atom. The van der Waals surface area contributed by atoms with Crippen LogP contribution in [0.15, 0.2) is 46.9 Å². The van der Waals surface area contributed by atoms with Crippen LogP contribution in [0.3, 0.4) is 0 Å². The largest absolute Gasteiger partial charge is 0.480 e. The van der Waals surface area contributed by atoms with Gasteiger partial charge in [-0.05, 0) is 48.6 Å². The molecule has 4 unspecified atom stereocenters. The third-order valence-electron chi connectivity index (χ3n) is 6.65. The minimum atomic E-state index is -1.54. The molecule has 2 aliphatic rings. The Balaban J connectivity index is 1.87. The Morgan fingerprint density at radius 1 is 1.06 bits per heavy atom. The fourth-order valence-corrected chi connectivity index (χ4v) is 5.28. The van der Waals surface area contributed by atoms with Crippen molar-refractivity contribution in [1.29, 1.82) is 0 Å². The van der Waals surface area contributed by atoms with Crippen LogP contribution in [-0.4, -0.2) is 28.4 Å². The predicted molar refractivity (Wildman–Crippen MR) is 121 cm³/mol. The molecule has 2 aromatic rings. The monoisotopic (exact) mass is 484 g/mol. The molecule has 2 saturated heterocycles. The van der Waals surface area contributed by atoms with Crippen molar-refractivity contribution in [3.8, 4) is 0 Å². The molecule has 0 aliphatic carbocycles. The molecule has 2 amide bonds. The highest BCUT2D eigenvalue weighted by atomic mass is 79.9. The van der Waals surface area contributed by atoms with E-state index in [1.807, 2.05) is 56.3 Å². The first kappa shape index (κ1) is 21.7. The minimum absolute atomic E-state index is 0.337. The number of carbonyl (C=O) groups is 3. The van der Waals surface area contributed by atoms with E-state index in [9.17, 15) is 19.5 Å². The molecule has 0 radical (unpaired) electrons. The Morgan fingerprint density at radius 2 is 1.65 bits per heavy atom. The number of hydrogen-bond donors (Lipinski definition) is 2. The van der Waals surface area contributed by atoms with Crippen LogP contribution in [0.2, 0.25) is 0 Å². The molecule has 0 aromatic heterocycles. The average molecular weight is 485 g/mol. The lowest BCUT2D eigenvalue weighted by Crippen LogP contribution is -2.53. The normalized spacial score (nSPS) is 27.6. The van der Waals surface area contributed by atoms with E-state index >= 15 is 0 Å². The zero-order valence-electron chi connectivity index (χ0n) is 17.7. The number of imide groups is 1. The number of carboxylic acid groups (broad SMARTS) is 1. The molecule has 162 valence electrons. The van der Waals surface area contributed by atoms with Gasteiger partial charge in [-0.25, -0.2) is 4.90 Å². The van der Waals surface area contributed by atoms with Crippen molar-refractivity contribution in [3.05, 3.63) is 63.6 Å². The molecule has 31 heavy (non-hydrogen) atoms. The number of fused-ring (bicyclic) bond motifs is 1. The van der Waals surface area contributed by atoms with E-state index in [1.165, 1.54) is 11.8 Å². The molecular formula is C24H25BrN2O4. The van der Waals surface area contributed by atoms with E-state index < -0.39 is 35.3 Å². The molecule has 0 saturated carbocycles. The number of halogens is 1. The predicted octanol–water partition coefficient (Wildman–Crippen LogP) is 3.87. The Labute approximate surface area is 189 Å². The highest BCUT2D eigenvalue weighted by Crippen LogP contribution is 2.50. The van der Waals surface area contributed by atoms with Gasteiger partial charge < -0.3 is 5.11 Å². The van der Waals surface area contributed by atoms with Crippen LogP contribution in [0.5, 0.6) is 0 Å². The van der Waals surface area contributed by atoms with Gasteiger partial charge >= 0.3 is 5.97 Å². The molecule has 7 heteroatoms. The number of aliphatic carboxylic acids is 1. The second-order valence-electron chi connectivity index (χ2n) is 8.33. The van der Waals surface area contributed by atoms with E-state index in [4.69, 9.17) is 0 Å². The summed E-state index contributed by atoms with van der Waals surface area (Å²) in [6, 6.07) is 12.6. The van der Waals surface area contributed by atoms with Crippen molar-refractivity contribution < 1.29 is 19.5 Å². The number of para-hydroxylation sites is 1. The lowest BCUT2D eigenvalue weighted by molar-refractivity contribution is -0.147. The van der Waals surface area contributed by atoms with E-state index in [0.29, 0.717) is 18.5 Å². The van der Waals surface area contributed by atoms with Crippen LogP contribution in [0.4, 0.5) is 5.69 Å². The van der Waals surface area contributed by atoms with Gasteiger partial charge in [0.1, 0.15) is 5.54 Å². The molecule has 6 nitrogen and oxygen atoms in total. The third-order valence-corrected chi connectivity index (χ3v) is 7.18. The quantitative estimate of drug-likeness (QED) is 0.629. The number of carbonyl (C=O) groups excluding carboxylic acids is 2. The van der Waals surface area contributed by atoms with Gasteiger partial charge in [0.15, 0.2) is 0 Å². The summed E-state index contributed by atoms with van der Waals surface area (Å²) in [5, 5.41) is 13.2. The van der Waals surface area contributed by atoms with Gasteiger partial charge in [0, 0.05) is 10.5 Å². The summed E-state index contributed by atoms with van der Waals surface area (Å²) in [6.45, 7) is 5.47. The molecular weight excluding hydrogens is 460 g/mol. The summed E-state index contributed by atoms with van der Waals surface area (Å²) in [6.07, 6.45) is 1.33. The van der Waals surface area contributed by atoms with E-state index in [0.717, 1.165) is 21.2 Å². The molecule has 4 rings (SSSR count). The van der Waals surface area contributed by atoms with Gasteiger partial charge in [0.05, 0.1) is 17.5 Å². The van der Waals surface area contributed by atoms with Crippen LogP contribution in [0.1, 0.15) is 43.5 Å². The fraction of sp³-hybridized carbons (Fsp3) is 0.375. The number of hydrogen-bond acceptors (Lipinski definition) is 4. The maximum absolute atomic E-state index is 13.8. The number of aryl methyl sites for hydroxylation is 2. The Kier molecular flexibility index (Phi) is 5.52. The van der Waals surface area contributed by atoms with E-state index in [1.54, 1.807) is 0 Å². The highest BCUT2D eigenvalue weighted by Gasteiger charge is 2.67. The summed E-state index contributed by atoms with van der Waals surface area (Å²) in [5.41, 5.74) is 1.68. The summed E-state index contributed by atoms with van der Waals surface area (Å²) < 4.78 is 0.881.